The van der Waals surface area contributed by atoms with Gasteiger partial charge < -0.3 is 18.9 Å². The van der Waals surface area contributed by atoms with Crippen LogP contribution in [0.1, 0.15) is 49.3 Å². The van der Waals surface area contributed by atoms with Crippen molar-refractivity contribution in [3.63, 3.8) is 0 Å². The van der Waals surface area contributed by atoms with E-state index < -0.39 is 36.2 Å². The average Bonchev–Trinajstić information content (AvgIpc) is 3.30. The Morgan fingerprint density at radius 3 is 2.18 bits per heavy atom. The number of esters is 3. The second-order valence-electron chi connectivity index (χ2n) is 7.63. The van der Waals surface area contributed by atoms with Gasteiger partial charge in [0.25, 0.3) is 0 Å². The van der Waals surface area contributed by atoms with Crippen molar-refractivity contribution in [2.45, 2.75) is 24.7 Å². The first-order valence-electron chi connectivity index (χ1n) is 10.7. The summed E-state index contributed by atoms with van der Waals surface area (Å²) in [6.07, 6.45) is -0.208. The summed E-state index contributed by atoms with van der Waals surface area (Å²) in [6, 6.07) is 20.3. The van der Waals surface area contributed by atoms with Gasteiger partial charge in [0, 0.05) is 12.6 Å². The van der Waals surface area contributed by atoms with Gasteiger partial charge in [-0.1, -0.05) is 36.4 Å². The molecule has 8 heteroatoms. The quantitative estimate of drug-likeness (QED) is 0.387. The standard InChI is InChI=1S/C26H23NO7/c1-31-24(28)19-12-13-27-20(14-19)21-15-22(34-26(30)18-10-6-3-7-11-18)23(33-21)16-32-25(29)17-8-4-2-5-9-17/h2-14,21-23H,15-16H2,1H3/t21-,22-,23+/m0/s1. The third-order valence-electron chi connectivity index (χ3n) is 5.39. The molecule has 1 aliphatic heterocycles. The smallest absolute Gasteiger partial charge is 0.338 e. The van der Waals surface area contributed by atoms with Crippen LogP contribution in [0.2, 0.25) is 0 Å². The number of pyridine rings is 1. The highest BCUT2D eigenvalue weighted by molar-refractivity contribution is 5.90. The van der Waals surface area contributed by atoms with Crippen molar-refractivity contribution in [1.29, 1.82) is 0 Å². The van der Waals surface area contributed by atoms with Crippen LogP contribution in [0.4, 0.5) is 0 Å². The molecule has 1 aliphatic rings. The molecule has 0 aliphatic carbocycles. The predicted octanol–water partition coefficient (Wildman–Crippen LogP) is 3.78. The molecule has 2 aromatic carbocycles. The van der Waals surface area contributed by atoms with Crippen LogP contribution in [0, 0.1) is 0 Å². The Labute approximate surface area is 196 Å². The predicted molar refractivity (Wildman–Crippen MR) is 120 cm³/mol. The number of hydrogen-bond donors (Lipinski definition) is 0. The summed E-state index contributed by atoms with van der Waals surface area (Å²) >= 11 is 0. The first-order chi connectivity index (χ1) is 16.5. The number of ether oxygens (including phenoxy) is 4. The molecule has 3 atom stereocenters. The van der Waals surface area contributed by atoms with Gasteiger partial charge in [-0.15, -0.1) is 0 Å². The third kappa shape index (κ3) is 5.47. The molecule has 3 aromatic rings. The zero-order chi connectivity index (χ0) is 23.9. The zero-order valence-electron chi connectivity index (χ0n) is 18.5. The lowest BCUT2D eigenvalue weighted by atomic mass is 10.1. The number of rotatable bonds is 7. The van der Waals surface area contributed by atoms with E-state index in [1.807, 2.05) is 0 Å². The highest BCUT2D eigenvalue weighted by Gasteiger charge is 2.40. The number of carbonyl (C=O) groups excluding carboxylic acids is 3. The van der Waals surface area contributed by atoms with Crippen LogP contribution < -0.4 is 0 Å². The molecule has 1 aromatic heterocycles. The molecule has 34 heavy (non-hydrogen) atoms. The molecule has 0 amide bonds. The lowest BCUT2D eigenvalue weighted by Crippen LogP contribution is -2.32. The van der Waals surface area contributed by atoms with Crippen LogP contribution in [0.3, 0.4) is 0 Å². The number of aromatic nitrogens is 1. The van der Waals surface area contributed by atoms with E-state index in [-0.39, 0.29) is 13.0 Å². The minimum atomic E-state index is -0.714. The van der Waals surface area contributed by atoms with E-state index in [1.54, 1.807) is 66.7 Å². The summed E-state index contributed by atoms with van der Waals surface area (Å²) in [4.78, 5) is 41.3. The minimum Gasteiger partial charge on any atom is -0.465 e. The van der Waals surface area contributed by atoms with Gasteiger partial charge >= 0.3 is 17.9 Å². The second kappa shape index (κ2) is 10.7. The molecule has 0 N–H and O–H groups in total. The largest absolute Gasteiger partial charge is 0.465 e. The monoisotopic (exact) mass is 461 g/mol. The number of benzene rings is 2. The molecule has 174 valence electrons. The van der Waals surface area contributed by atoms with Crippen molar-refractivity contribution in [2.75, 3.05) is 13.7 Å². The van der Waals surface area contributed by atoms with Crippen molar-refractivity contribution in [3.8, 4) is 0 Å². The van der Waals surface area contributed by atoms with Gasteiger partial charge in [0.15, 0.2) is 0 Å². The van der Waals surface area contributed by atoms with Crippen LogP contribution in [-0.4, -0.2) is 48.8 Å². The molecule has 2 heterocycles. The van der Waals surface area contributed by atoms with Crippen molar-refractivity contribution in [1.82, 2.24) is 4.98 Å². The molecule has 1 saturated heterocycles. The van der Waals surface area contributed by atoms with E-state index in [2.05, 4.69) is 4.98 Å². The molecule has 0 radical (unpaired) electrons. The number of hydrogen-bond acceptors (Lipinski definition) is 8. The molecule has 0 spiro atoms. The second-order valence-corrected chi connectivity index (χ2v) is 7.63. The molecule has 8 nitrogen and oxygen atoms in total. The Balaban J connectivity index is 1.50. The molecule has 1 fully saturated rings. The maximum atomic E-state index is 12.7. The van der Waals surface area contributed by atoms with Crippen LogP contribution in [0.5, 0.6) is 0 Å². The third-order valence-corrected chi connectivity index (χ3v) is 5.39. The molecular formula is C26H23NO7. The first kappa shape index (κ1) is 23.1. The molecule has 0 saturated carbocycles. The molecule has 4 rings (SSSR count). The number of nitrogens with zero attached hydrogens (tertiary/aromatic N) is 1. The van der Waals surface area contributed by atoms with E-state index >= 15 is 0 Å². The Hall–Kier alpha value is -4.04. The Kier molecular flexibility index (Phi) is 7.29. The van der Waals surface area contributed by atoms with E-state index in [1.165, 1.54) is 19.4 Å². The fourth-order valence-corrected chi connectivity index (χ4v) is 3.64. The summed E-state index contributed by atoms with van der Waals surface area (Å²) in [5.41, 5.74) is 1.62. The Bertz CT molecular complexity index is 1150. The van der Waals surface area contributed by atoms with Gasteiger partial charge in [-0.05, 0) is 36.4 Å². The lowest BCUT2D eigenvalue weighted by Gasteiger charge is -2.19. The average molecular weight is 461 g/mol. The molecule has 0 bridgehead atoms. The maximum Gasteiger partial charge on any atom is 0.338 e. The highest BCUT2D eigenvalue weighted by Crippen LogP contribution is 2.35. The summed E-state index contributed by atoms with van der Waals surface area (Å²) in [5, 5.41) is 0. The van der Waals surface area contributed by atoms with Gasteiger partial charge in [-0.3, -0.25) is 4.98 Å². The van der Waals surface area contributed by atoms with Crippen LogP contribution in [0.15, 0.2) is 79.0 Å². The highest BCUT2D eigenvalue weighted by atomic mass is 16.6. The van der Waals surface area contributed by atoms with E-state index in [9.17, 15) is 14.4 Å². The van der Waals surface area contributed by atoms with Gasteiger partial charge in [-0.2, -0.15) is 0 Å². The summed E-state index contributed by atoms with van der Waals surface area (Å²) in [7, 11) is 1.30. The summed E-state index contributed by atoms with van der Waals surface area (Å²) in [5.74, 6) is -1.51. The number of carbonyl (C=O) groups is 3. The Morgan fingerprint density at radius 1 is 0.882 bits per heavy atom. The van der Waals surface area contributed by atoms with E-state index in [0.29, 0.717) is 22.4 Å². The fraction of sp³-hybridized carbons (Fsp3) is 0.231. The zero-order valence-corrected chi connectivity index (χ0v) is 18.5. The Morgan fingerprint density at radius 2 is 1.53 bits per heavy atom. The number of methoxy groups -OCH3 is 1. The topological polar surface area (TPSA) is 101 Å². The fourth-order valence-electron chi connectivity index (χ4n) is 3.64. The van der Waals surface area contributed by atoms with Gasteiger partial charge in [0.1, 0.15) is 24.9 Å². The molecular weight excluding hydrogens is 438 g/mol. The van der Waals surface area contributed by atoms with Crippen LogP contribution in [-0.2, 0) is 18.9 Å². The van der Waals surface area contributed by atoms with Gasteiger partial charge in [-0.25, -0.2) is 14.4 Å². The lowest BCUT2D eigenvalue weighted by molar-refractivity contribution is -0.0433. The van der Waals surface area contributed by atoms with Crippen molar-refractivity contribution >= 4 is 17.9 Å². The minimum absolute atomic E-state index is 0.117. The molecule has 0 unspecified atom stereocenters. The van der Waals surface area contributed by atoms with Crippen LogP contribution in [0.25, 0.3) is 0 Å². The van der Waals surface area contributed by atoms with E-state index in [4.69, 9.17) is 18.9 Å². The van der Waals surface area contributed by atoms with Crippen molar-refractivity contribution in [3.05, 3.63) is 101 Å². The SMILES string of the molecule is COC(=O)c1ccnc([C@@H]2C[C@H](OC(=O)c3ccccc3)[C@@H](COC(=O)c3ccccc3)O2)c1. The summed E-state index contributed by atoms with van der Waals surface area (Å²) in [6.45, 7) is -0.117. The van der Waals surface area contributed by atoms with Crippen LogP contribution >= 0.6 is 0 Å². The van der Waals surface area contributed by atoms with Crippen molar-refractivity contribution in [2.24, 2.45) is 0 Å². The van der Waals surface area contributed by atoms with E-state index in [0.717, 1.165) is 0 Å². The summed E-state index contributed by atoms with van der Waals surface area (Å²) < 4.78 is 22.0. The van der Waals surface area contributed by atoms with Gasteiger partial charge in [0.05, 0.1) is 29.5 Å². The normalized spacial score (nSPS) is 19.3. The first-order valence-corrected chi connectivity index (χ1v) is 10.7. The van der Waals surface area contributed by atoms with Crippen molar-refractivity contribution < 1.29 is 33.3 Å². The van der Waals surface area contributed by atoms with Gasteiger partial charge in [0.2, 0.25) is 0 Å². The maximum absolute atomic E-state index is 12.7.